The molecule has 1 aliphatic rings. The van der Waals surface area contributed by atoms with E-state index in [0.29, 0.717) is 12.0 Å². The van der Waals surface area contributed by atoms with Crippen molar-refractivity contribution in [3.05, 3.63) is 24.0 Å². The van der Waals surface area contributed by atoms with Gasteiger partial charge in [-0.1, -0.05) is 26.7 Å². The molecule has 2 atom stereocenters. The molecule has 0 saturated heterocycles. The van der Waals surface area contributed by atoms with Crippen LogP contribution in [0.2, 0.25) is 0 Å². The molecule has 0 spiro atoms. The Kier molecular flexibility index (Phi) is 4.10. The average Bonchev–Trinajstić information content (AvgIpc) is 2.34. The lowest BCUT2D eigenvalue weighted by atomic mass is 9.79. The molecule has 100 valence electrons. The highest BCUT2D eigenvalue weighted by Crippen LogP contribution is 2.32. The summed E-state index contributed by atoms with van der Waals surface area (Å²) in [4.78, 5) is 0. The normalized spacial score (nSPS) is 24.2. The van der Waals surface area contributed by atoms with E-state index in [9.17, 15) is 4.39 Å². The Labute approximate surface area is 108 Å². The van der Waals surface area contributed by atoms with Crippen LogP contribution in [-0.2, 0) is 0 Å². The van der Waals surface area contributed by atoms with Gasteiger partial charge in [0.15, 0.2) is 11.6 Å². The van der Waals surface area contributed by atoms with E-state index in [2.05, 4.69) is 19.2 Å². The highest BCUT2D eigenvalue weighted by Gasteiger charge is 2.24. The van der Waals surface area contributed by atoms with Gasteiger partial charge in [0, 0.05) is 17.8 Å². The first-order valence-corrected chi connectivity index (χ1v) is 6.81. The lowest BCUT2D eigenvalue weighted by molar-refractivity contribution is 0.264. The van der Waals surface area contributed by atoms with E-state index >= 15 is 0 Å². The van der Waals surface area contributed by atoms with Gasteiger partial charge < -0.3 is 10.4 Å². The molecule has 1 saturated carbocycles. The second-order valence-electron chi connectivity index (χ2n) is 5.68. The number of hydrogen-bond donors (Lipinski definition) is 2. The van der Waals surface area contributed by atoms with Gasteiger partial charge in [-0.15, -0.1) is 0 Å². The highest BCUT2D eigenvalue weighted by molar-refractivity contribution is 5.47. The first-order valence-electron chi connectivity index (χ1n) is 6.81. The van der Waals surface area contributed by atoms with Crippen molar-refractivity contribution < 1.29 is 9.50 Å². The largest absolute Gasteiger partial charge is 0.505 e. The molecular weight excluding hydrogens is 229 g/mol. The molecule has 1 aliphatic carbocycles. The number of phenols is 1. The first kappa shape index (κ1) is 13.2. The molecule has 0 aliphatic heterocycles. The summed E-state index contributed by atoms with van der Waals surface area (Å²) in [7, 11) is 0. The SMILES string of the molecule is CC(C)C1CCCC(Nc2ccc(O)c(F)c2)C1. The van der Waals surface area contributed by atoms with Crippen molar-refractivity contribution in [2.45, 2.75) is 45.6 Å². The standard InChI is InChI=1S/C15H22FNO/c1-10(2)11-4-3-5-12(8-11)17-13-6-7-15(18)14(16)9-13/h6-7,9-12,17-18H,3-5,8H2,1-2H3. The summed E-state index contributed by atoms with van der Waals surface area (Å²) in [5.74, 6) is 0.629. The topological polar surface area (TPSA) is 32.3 Å². The van der Waals surface area contributed by atoms with Gasteiger partial charge in [0.2, 0.25) is 0 Å². The molecule has 0 aromatic heterocycles. The minimum Gasteiger partial charge on any atom is -0.505 e. The van der Waals surface area contributed by atoms with Crippen molar-refractivity contribution in [1.82, 2.24) is 0 Å². The zero-order chi connectivity index (χ0) is 13.1. The van der Waals surface area contributed by atoms with Crippen LogP contribution in [0.25, 0.3) is 0 Å². The van der Waals surface area contributed by atoms with Crippen LogP contribution in [0.3, 0.4) is 0 Å². The number of hydrogen-bond acceptors (Lipinski definition) is 2. The predicted octanol–water partition coefficient (Wildman–Crippen LogP) is 4.16. The highest BCUT2D eigenvalue weighted by atomic mass is 19.1. The quantitative estimate of drug-likeness (QED) is 0.791. The van der Waals surface area contributed by atoms with Gasteiger partial charge in [0.1, 0.15) is 0 Å². The van der Waals surface area contributed by atoms with Crippen LogP contribution in [-0.4, -0.2) is 11.1 Å². The monoisotopic (exact) mass is 251 g/mol. The second-order valence-corrected chi connectivity index (χ2v) is 5.68. The smallest absolute Gasteiger partial charge is 0.166 e. The van der Waals surface area contributed by atoms with Gasteiger partial charge in [0.25, 0.3) is 0 Å². The van der Waals surface area contributed by atoms with Gasteiger partial charge >= 0.3 is 0 Å². The Balaban J connectivity index is 1.98. The van der Waals surface area contributed by atoms with Crippen LogP contribution in [0.1, 0.15) is 39.5 Å². The van der Waals surface area contributed by atoms with Gasteiger partial charge in [-0.3, -0.25) is 0 Å². The maximum atomic E-state index is 13.2. The lowest BCUT2D eigenvalue weighted by Gasteiger charge is -2.32. The summed E-state index contributed by atoms with van der Waals surface area (Å²) in [5, 5.41) is 12.5. The molecule has 1 fully saturated rings. The van der Waals surface area contributed by atoms with Gasteiger partial charge in [-0.25, -0.2) is 4.39 Å². The molecule has 0 bridgehead atoms. The Hall–Kier alpha value is -1.25. The molecule has 2 N–H and O–H groups in total. The van der Waals surface area contributed by atoms with Gasteiger partial charge in [-0.2, -0.15) is 0 Å². The van der Waals surface area contributed by atoms with Crippen LogP contribution < -0.4 is 5.32 Å². The molecule has 2 nitrogen and oxygen atoms in total. The van der Waals surface area contributed by atoms with Crippen LogP contribution >= 0.6 is 0 Å². The minimum absolute atomic E-state index is 0.288. The third kappa shape index (κ3) is 3.15. The van der Waals surface area contributed by atoms with E-state index in [4.69, 9.17) is 5.11 Å². The van der Waals surface area contributed by atoms with Gasteiger partial charge in [-0.05, 0) is 36.8 Å². The Morgan fingerprint density at radius 2 is 2.11 bits per heavy atom. The molecule has 0 amide bonds. The number of rotatable bonds is 3. The molecule has 1 aromatic rings. The number of halogens is 1. The fourth-order valence-electron chi connectivity index (χ4n) is 2.80. The molecule has 0 heterocycles. The first-order chi connectivity index (χ1) is 8.56. The van der Waals surface area contributed by atoms with E-state index < -0.39 is 5.82 Å². The Morgan fingerprint density at radius 3 is 2.78 bits per heavy atom. The van der Waals surface area contributed by atoms with Crippen molar-refractivity contribution in [1.29, 1.82) is 0 Å². The molecule has 0 radical (unpaired) electrons. The van der Waals surface area contributed by atoms with E-state index in [1.165, 1.54) is 25.0 Å². The maximum absolute atomic E-state index is 13.2. The second kappa shape index (κ2) is 5.59. The molecule has 18 heavy (non-hydrogen) atoms. The summed E-state index contributed by atoms with van der Waals surface area (Å²) in [6, 6.07) is 4.93. The van der Waals surface area contributed by atoms with Crippen LogP contribution in [0.4, 0.5) is 10.1 Å². The summed E-state index contributed by atoms with van der Waals surface area (Å²) in [6.07, 6.45) is 4.84. The van der Waals surface area contributed by atoms with E-state index in [1.807, 2.05) is 0 Å². The van der Waals surface area contributed by atoms with E-state index in [-0.39, 0.29) is 5.75 Å². The number of aromatic hydroxyl groups is 1. The fourth-order valence-corrected chi connectivity index (χ4v) is 2.80. The lowest BCUT2D eigenvalue weighted by Crippen LogP contribution is -2.29. The van der Waals surface area contributed by atoms with Crippen LogP contribution in [0.5, 0.6) is 5.75 Å². The van der Waals surface area contributed by atoms with Crippen molar-refractivity contribution >= 4 is 5.69 Å². The molecule has 2 rings (SSSR count). The molecule has 3 heteroatoms. The number of nitrogens with one attached hydrogen (secondary N) is 1. The third-order valence-corrected chi connectivity index (χ3v) is 3.98. The van der Waals surface area contributed by atoms with E-state index in [1.54, 1.807) is 6.07 Å². The Morgan fingerprint density at radius 1 is 1.33 bits per heavy atom. The van der Waals surface area contributed by atoms with Gasteiger partial charge in [0.05, 0.1) is 0 Å². The zero-order valence-corrected chi connectivity index (χ0v) is 11.1. The van der Waals surface area contributed by atoms with Crippen molar-refractivity contribution in [2.24, 2.45) is 11.8 Å². The van der Waals surface area contributed by atoms with Crippen molar-refractivity contribution in [2.75, 3.05) is 5.32 Å². The number of benzene rings is 1. The van der Waals surface area contributed by atoms with Crippen LogP contribution in [0, 0.1) is 17.7 Å². The average molecular weight is 251 g/mol. The van der Waals surface area contributed by atoms with Crippen molar-refractivity contribution in [3.8, 4) is 5.75 Å². The summed E-state index contributed by atoms with van der Waals surface area (Å²) in [5.41, 5.74) is 0.764. The molecule has 1 aromatic carbocycles. The molecular formula is C15H22FNO. The van der Waals surface area contributed by atoms with E-state index in [0.717, 1.165) is 24.4 Å². The minimum atomic E-state index is -0.559. The molecule has 2 unspecified atom stereocenters. The summed E-state index contributed by atoms with van der Waals surface area (Å²) >= 11 is 0. The number of anilines is 1. The zero-order valence-electron chi connectivity index (χ0n) is 11.1. The maximum Gasteiger partial charge on any atom is 0.166 e. The fraction of sp³-hybridized carbons (Fsp3) is 0.600. The number of phenolic OH excluding ortho intramolecular Hbond substituents is 1. The van der Waals surface area contributed by atoms with Crippen molar-refractivity contribution in [3.63, 3.8) is 0 Å². The third-order valence-electron chi connectivity index (χ3n) is 3.98. The predicted molar refractivity (Wildman–Crippen MR) is 72.3 cm³/mol. The summed E-state index contributed by atoms with van der Waals surface area (Å²) in [6.45, 7) is 4.54. The Bertz CT molecular complexity index is 405. The van der Waals surface area contributed by atoms with Crippen LogP contribution in [0.15, 0.2) is 18.2 Å². The summed E-state index contributed by atoms with van der Waals surface area (Å²) < 4.78 is 13.2.